The lowest BCUT2D eigenvalue weighted by Gasteiger charge is -2.16. The number of sulfonamides is 1. The largest absolute Gasteiger partial charge is 0.389 e. The highest BCUT2D eigenvalue weighted by Crippen LogP contribution is 2.18. The van der Waals surface area contributed by atoms with Gasteiger partial charge >= 0.3 is 0 Å². The van der Waals surface area contributed by atoms with Crippen LogP contribution in [0.25, 0.3) is 0 Å². The van der Waals surface area contributed by atoms with Gasteiger partial charge in [-0.25, -0.2) is 13.4 Å². The van der Waals surface area contributed by atoms with Gasteiger partial charge in [0.2, 0.25) is 10.0 Å². The van der Waals surface area contributed by atoms with E-state index in [4.69, 9.17) is 18.0 Å². The van der Waals surface area contributed by atoms with Crippen molar-refractivity contribution in [3.8, 4) is 0 Å². The normalized spacial score (nSPS) is 11.7. The van der Waals surface area contributed by atoms with E-state index in [1.807, 2.05) is 5.38 Å². The fourth-order valence-electron chi connectivity index (χ4n) is 1.62. The van der Waals surface area contributed by atoms with Crippen LogP contribution in [0.1, 0.15) is 11.3 Å². The van der Waals surface area contributed by atoms with Crippen LogP contribution in [-0.2, 0) is 16.6 Å². The SMILES string of the molecule is CN(Cc1cscn1)S(=O)(=O)c1cccc(C(N)=S)c1. The van der Waals surface area contributed by atoms with Crippen molar-refractivity contribution in [3.63, 3.8) is 0 Å². The number of nitrogens with two attached hydrogens (primary N) is 1. The van der Waals surface area contributed by atoms with Gasteiger partial charge in [-0.15, -0.1) is 11.3 Å². The van der Waals surface area contributed by atoms with Crippen LogP contribution in [0.4, 0.5) is 0 Å². The minimum atomic E-state index is -3.59. The lowest BCUT2D eigenvalue weighted by atomic mass is 10.2. The Kier molecular flexibility index (Phi) is 4.48. The third-order valence-corrected chi connectivity index (χ3v) is 5.37. The molecule has 0 spiro atoms. The summed E-state index contributed by atoms with van der Waals surface area (Å²) in [7, 11) is -2.07. The molecule has 2 N–H and O–H groups in total. The van der Waals surface area contributed by atoms with E-state index >= 15 is 0 Å². The number of hydrogen-bond donors (Lipinski definition) is 1. The van der Waals surface area contributed by atoms with Gasteiger partial charge in [-0.3, -0.25) is 0 Å². The van der Waals surface area contributed by atoms with Crippen LogP contribution >= 0.6 is 23.6 Å². The Bertz CT molecular complexity index is 711. The third kappa shape index (κ3) is 3.21. The van der Waals surface area contributed by atoms with Gasteiger partial charge in [0.1, 0.15) is 4.99 Å². The van der Waals surface area contributed by atoms with Gasteiger partial charge in [0, 0.05) is 18.0 Å². The maximum atomic E-state index is 12.5. The van der Waals surface area contributed by atoms with E-state index in [-0.39, 0.29) is 16.4 Å². The predicted molar refractivity (Wildman–Crippen MR) is 83.1 cm³/mol. The second-order valence-electron chi connectivity index (χ2n) is 4.13. The van der Waals surface area contributed by atoms with Crippen molar-refractivity contribution in [1.82, 2.24) is 9.29 Å². The fourth-order valence-corrected chi connectivity index (χ4v) is 3.48. The first-order valence-corrected chi connectivity index (χ1v) is 8.43. The number of thiazole rings is 1. The van der Waals surface area contributed by atoms with Crippen molar-refractivity contribution in [2.24, 2.45) is 5.73 Å². The Hall–Kier alpha value is -1.35. The first-order chi connectivity index (χ1) is 9.41. The Morgan fingerprint density at radius 2 is 2.25 bits per heavy atom. The van der Waals surface area contributed by atoms with E-state index < -0.39 is 10.0 Å². The van der Waals surface area contributed by atoms with Crippen LogP contribution in [0.3, 0.4) is 0 Å². The van der Waals surface area contributed by atoms with E-state index in [1.165, 1.54) is 34.8 Å². The van der Waals surface area contributed by atoms with Gasteiger partial charge in [-0.2, -0.15) is 4.31 Å². The molecular formula is C12H13N3O2S3. The van der Waals surface area contributed by atoms with Gasteiger partial charge in [0.05, 0.1) is 22.6 Å². The topological polar surface area (TPSA) is 76.3 Å². The van der Waals surface area contributed by atoms with Gasteiger partial charge in [0.15, 0.2) is 0 Å². The standard InChI is InChI=1S/C12H13N3O2S3/c1-15(6-10-7-19-8-14-10)20(16,17)11-4-2-3-9(5-11)12(13)18/h2-5,7-8H,6H2,1H3,(H2,13,18). The first-order valence-electron chi connectivity index (χ1n) is 5.64. The Balaban J connectivity index is 2.29. The molecule has 0 bridgehead atoms. The zero-order valence-electron chi connectivity index (χ0n) is 10.7. The minimum Gasteiger partial charge on any atom is -0.389 e. The average molecular weight is 327 g/mol. The van der Waals surface area contributed by atoms with Crippen LogP contribution in [0.2, 0.25) is 0 Å². The molecule has 0 aliphatic heterocycles. The predicted octanol–water partition coefficient (Wildman–Crippen LogP) is 1.60. The van der Waals surface area contributed by atoms with Crippen LogP contribution in [0.15, 0.2) is 40.1 Å². The molecule has 5 nitrogen and oxygen atoms in total. The monoisotopic (exact) mass is 327 g/mol. The van der Waals surface area contributed by atoms with Crippen LogP contribution in [-0.4, -0.2) is 29.7 Å². The summed E-state index contributed by atoms with van der Waals surface area (Å²) in [6.45, 7) is 0.225. The molecule has 0 fully saturated rings. The molecule has 0 saturated heterocycles. The van der Waals surface area contributed by atoms with Crippen molar-refractivity contribution in [2.45, 2.75) is 11.4 Å². The van der Waals surface area contributed by atoms with Crippen LogP contribution < -0.4 is 5.73 Å². The fraction of sp³-hybridized carbons (Fsp3) is 0.167. The zero-order chi connectivity index (χ0) is 14.8. The molecule has 1 heterocycles. The number of thiocarbonyl (C=S) groups is 1. The summed E-state index contributed by atoms with van der Waals surface area (Å²) in [4.78, 5) is 4.42. The van der Waals surface area contributed by atoms with Crippen molar-refractivity contribution in [3.05, 3.63) is 46.4 Å². The summed E-state index contributed by atoms with van der Waals surface area (Å²) in [6.07, 6.45) is 0. The molecule has 1 aromatic carbocycles. The van der Waals surface area contributed by atoms with E-state index in [0.717, 1.165) is 0 Å². The zero-order valence-corrected chi connectivity index (χ0v) is 13.1. The molecule has 20 heavy (non-hydrogen) atoms. The van der Waals surface area contributed by atoms with Gasteiger partial charge < -0.3 is 5.73 Å². The van der Waals surface area contributed by atoms with Crippen LogP contribution in [0, 0.1) is 0 Å². The van der Waals surface area contributed by atoms with Gasteiger partial charge in [-0.1, -0.05) is 24.4 Å². The highest BCUT2D eigenvalue weighted by molar-refractivity contribution is 7.89. The quantitative estimate of drug-likeness (QED) is 0.844. The molecule has 2 rings (SSSR count). The summed E-state index contributed by atoms with van der Waals surface area (Å²) in [5.74, 6) is 0. The van der Waals surface area contributed by atoms with E-state index in [1.54, 1.807) is 17.6 Å². The molecule has 0 atom stereocenters. The van der Waals surface area contributed by atoms with Crippen LogP contribution in [0.5, 0.6) is 0 Å². The summed E-state index contributed by atoms with van der Waals surface area (Å²) < 4.78 is 26.2. The van der Waals surface area contributed by atoms with E-state index in [0.29, 0.717) is 11.3 Å². The molecule has 0 unspecified atom stereocenters. The highest BCUT2D eigenvalue weighted by Gasteiger charge is 2.21. The van der Waals surface area contributed by atoms with E-state index in [9.17, 15) is 8.42 Å². The molecule has 0 saturated carbocycles. The Morgan fingerprint density at radius 3 is 2.85 bits per heavy atom. The maximum absolute atomic E-state index is 12.5. The summed E-state index contributed by atoms with van der Waals surface area (Å²) in [5.41, 5.74) is 8.44. The molecule has 1 aromatic heterocycles. The number of benzene rings is 1. The van der Waals surface area contributed by atoms with Crippen molar-refractivity contribution in [1.29, 1.82) is 0 Å². The maximum Gasteiger partial charge on any atom is 0.243 e. The lowest BCUT2D eigenvalue weighted by Crippen LogP contribution is -2.27. The van der Waals surface area contributed by atoms with Gasteiger partial charge in [0.25, 0.3) is 0 Å². The Labute approximate surface area is 127 Å². The molecule has 8 heteroatoms. The summed E-state index contributed by atoms with van der Waals surface area (Å²) in [5, 5.41) is 1.82. The molecular weight excluding hydrogens is 314 g/mol. The molecule has 0 aliphatic carbocycles. The first kappa shape index (κ1) is 15.0. The molecule has 2 aromatic rings. The van der Waals surface area contributed by atoms with Crippen molar-refractivity contribution < 1.29 is 8.42 Å². The third-order valence-electron chi connectivity index (χ3n) is 2.69. The lowest BCUT2D eigenvalue weighted by molar-refractivity contribution is 0.463. The van der Waals surface area contributed by atoms with Gasteiger partial charge in [-0.05, 0) is 12.1 Å². The second-order valence-corrected chi connectivity index (χ2v) is 7.34. The molecule has 0 radical (unpaired) electrons. The summed E-state index contributed by atoms with van der Waals surface area (Å²) >= 11 is 6.29. The van der Waals surface area contributed by atoms with Crippen molar-refractivity contribution in [2.75, 3.05) is 7.05 Å². The number of nitrogens with zero attached hydrogens (tertiary/aromatic N) is 2. The number of aromatic nitrogens is 1. The molecule has 0 aliphatic rings. The molecule has 0 amide bonds. The van der Waals surface area contributed by atoms with Crippen molar-refractivity contribution >= 4 is 38.6 Å². The second kappa shape index (κ2) is 5.96. The highest BCUT2D eigenvalue weighted by atomic mass is 32.2. The summed E-state index contributed by atoms with van der Waals surface area (Å²) in [6, 6.07) is 6.31. The Morgan fingerprint density at radius 1 is 1.50 bits per heavy atom. The minimum absolute atomic E-state index is 0.167. The van der Waals surface area contributed by atoms with E-state index in [2.05, 4.69) is 4.98 Å². The smallest absolute Gasteiger partial charge is 0.243 e. The number of rotatable bonds is 5. The average Bonchev–Trinajstić information content (AvgIpc) is 2.91. The molecule has 106 valence electrons. The number of hydrogen-bond acceptors (Lipinski definition) is 5.